The molecular weight excluding hydrogens is 468 g/mol. The van der Waals surface area contributed by atoms with Crippen molar-refractivity contribution in [2.45, 2.75) is 6.61 Å². The lowest BCUT2D eigenvalue weighted by Gasteiger charge is -2.22. The Morgan fingerprint density at radius 1 is 0.919 bits per heavy atom. The van der Waals surface area contributed by atoms with Crippen molar-refractivity contribution in [1.82, 2.24) is 14.7 Å². The number of methoxy groups -OCH3 is 1. The van der Waals surface area contributed by atoms with Gasteiger partial charge < -0.3 is 19.7 Å². The molecule has 1 aromatic heterocycles. The van der Waals surface area contributed by atoms with Crippen LogP contribution in [0.15, 0.2) is 97.1 Å². The lowest BCUT2D eigenvalue weighted by molar-refractivity contribution is -0.139. The van der Waals surface area contributed by atoms with Crippen LogP contribution < -0.4 is 5.32 Å². The van der Waals surface area contributed by atoms with Gasteiger partial charge >= 0.3 is 0 Å². The lowest BCUT2D eigenvalue weighted by Crippen LogP contribution is -2.42. The molecule has 3 aromatic carbocycles. The van der Waals surface area contributed by atoms with E-state index in [0.29, 0.717) is 19.0 Å². The highest BCUT2D eigenvalue weighted by Gasteiger charge is 2.20. The SMILES string of the molecule is COCCN(CC(=O)Nc1cc(-c2ccccc2)nn1-c1ccccc1)C(=O)COCc1ccccc1. The smallest absolute Gasteiger partial charge is 0.249 e. The van der Waals surface area contributed by atoms with Gasteiger partial charge in [-0.3, -0.25) is 9.59 Å². The van der Waals surface area contributed by atoms with E-state index < -0.39 is 0 Å². The second-order valence-corrected chi connectivity index (χ2v) is 8.36. The minimum absolute atomic E-state index is 0.133. The van der Waals surface area contributed by atoms with Crippen LogP contribution >= 0.6 is 0 Å². The van der Waals surface area contributed by atoms with Gasteiger partial charge in [-0.05, 0) is 17.7 Å². The fourth-order valence-corrected chi connectivity index (χ4v) is 3.76. The van der Waals surface area contributed by atoms with Crippen molar-refractivity contribution in [2.75, 3.05) is 38.7 Å². The van der Waals surface area contributed by atoms with Gasteiger partial charge in [0.05, 0.1) is 24.6 Å². The number of hydrogen-bond donors (Lipinski definition) is 1. The largest absolute Gasteiger partial charge is 0.383 e. The van der Waals surface area contributed by atoms with Gasteiger partial charge in [-0.25, -0.2) is 4.68 Å². The van der Waals surface area contributed by atoms with Crippen molar-refractivity contribution in [3.05, 3.63) is 103 Å². The van der Waals surface area contributed by atoms with Crippen LogP contribution in [-0.2, 0) is 25.7 Å². The second-order valence-electron chi connectivity index (χ2n) is 8.36. The van der Waals surface area contributed by atoms with Gasteiger partial charge in [-0.2, -0.15) is 5.10 Å². The van der Waals surface area contributed by atoms with E-state index in [1.807, 2.05) is 97.1 Å². The predicted molar refractivity (Wildman–Crippen MR) is 142 cm³/mol. The summed E-state index contributed by atoms with van der Waals surface area (Å²) in [6, 6.07) is 30.7. The topological polar surface area (TPSA) is 85.7 Å². The summed E-state index contributed by atoms with van der Waals surface area (Å²) in [6.45, 7) is 0.613. The number of nitrogens with one attached hydrogen (secondary N) is 1. The number of amides is 2. The third-order valence-electron chi connectivity index (χ3n) is 5.64. The van der Waals surface area contributed by atoms with Crippen molar-refractivity contribution >= 4 is 17.6 Å². The Balaban J connectivity index is 1.46. The fourth-order valence-electron chi connectivity index (χ4n) is 3.76. The van der Waals surface area contributed by atoms with Crippen LogP contribution in [0, 0.1) is 0 Å². The molecule has 8 nitrogen and oxygen atoms in total. The Morgan fingerprint density at radius 3 is 2.24 bits per heavy atom. The average molecular weight is 499 g/mol. The number of ether oxygens (including phenoxy) is 2. The molecule has 0 spiro atoms. The summed E-state index contributed by atoms with van der Waals surface area (Å²) in [5, 5.41) is 7.65. The van der Waals surface area contributed by atoms with E-state index in [2.05, 4.69) is 5.32 Å². The van der Waals surface area contributed by atoms with Gasteiger partial charge in [0.15, 0.2) is 0 Å². The summed E-state index contributed by atoms with van der Waals surface area (Å²) in [7, 11) is 1.55. The maximum absolute atomic E-state index is 13.1. The van der Waals surface area contributed by atoms with Gasteiger partial charge in [0, 0.05) is 25.3 Å². The van der Waals surface area contributed by atoms with Crippen molar-refractivity contribution in [3.63, 3.8) is 0 Å². The average Bonchev–Trinajstić information content (AvgIpc) is 3.36. The molecule has 4 rings (SSSR count). The zero-order chi connectivity index (χ0) is 25.9. The van der Waals surface area contributed by atoms with Crippen LogP contribution in [0.3, 0.4) is 0 Å². The summed E-state index contributed by atoms with van der Waals surface area (Å²) in [5.74, 6) is -0.122. The number of para-hydroxylation sites is 1. The van der Waals surface area contributed by atoms with Crippen molar-refractivity contribution < 1.29 is 19.1 Å². The number of benzene rings is 3. The third-order valence-corrected chi connectivity index (χ3v) is 5.64. The van der Waals surface area contributed by atoms with E-state index in [-0.39, 0.29) is 31.5 Å². The monoisotopic (exact) mass is 498 g/mol. The first kappa shape index (κ1) is 25.8. The number of anilines is 1. The van der Waals surface area contributed by atoms with Crippen LogP contribution in [-0.4, -0.2) is 59.9 Å². The van der Waals surface area contributed by atoms with Crippen LogP contribution in [0.4, 0.5) is 5.82 Å². The van der Waals surface area contributed by atoms with Crippen molar-refractivity contribution in [2.24, 2.45) is 0 Å². The standard InChI is InChI=1S/C29H30N4O4/c1-36-18-17-32(29(35)22-37-21-23-11-5-2-6-12-23)20-28(34)30-27-19-26(24-13-7-3-8-14-24)31-33(27)25-15-9-4-10-16-25/h2-16,19H,17-18,20-22H2,1H3,(H,30,34). The molecule has 2 amide bonds. The number of carbonyl (C=O) groups excluding carboxylic acids is 2. The van der Waals surface area contributed by atoms with E-state index in [4.69, 9.17) is 14.6 Å². The van der Waals surface area contributed by atoms with Crippen LogP contribution in [0.2, 0.25) is 0 Å². The first-order valence-corrected chi connectivity index (χ1v) is 12.0. The van der Waals surface area contributed by atoms with Crippen molar-refractivity contribution in [3.8, 4) is 16.9 Å². The molecule has 0 aliphatic rings. The van der Waals surface area contributed by atoms with Crippen molar-refractivity contribution in [1.29, 1.82) is 0 Å². The molecule has 0 radical (unpaired) electrons. The fraction of sp³-hybridized carbons (Fsp3) is 0.207. The number of rotatable bonds is 12. The summed E-state index contributed by atoms with van der Waals surface area (Å²) in [4.78, 5) is 27.4. The minimum atomic E-state index is -0.343. The molecule has 0 aliphatic carbocycles. The van der Waals surface area contributed by atoms with E-state index in [1.165, 1.54) is 4.90 Å². The van der Waals surface area contributed by atoms with Gasteiger partial charge in [0.25, 0.3) is 0 Å². The molecule has 0 aliphatic heterocycles. The Kier molecular flexibility index (Phi) is 9.18. The summed E-state index contributed by atoms with van der Waals surface area (Å²) in [6.07, 6.45) is 0. The summed E-state index contributed by atoms with van der Waals surface area (Å²) >= 11 is 0. The van der Waals surface area contributed by atoms with Crippen LogP contribution in [0.1, 0.15) is 5.56 Å². The molecule has 0 atom stereocenters. The zero-order valence-electron chi connectivity index (χ0n) is 20.7. The van der Waals surface area contributed by atoms with Gasteiger partial charge in [0.2, 0.25) is 11.8 Å². The van der Waals surface area contributed by atoms with E-state index in [0.717, 1.165) is 22.5 Å². The number of carbonyl (C=O) groups is 2. The number of hydrogen-bond acceptors (Lipinski definition) is 5. The zero-order valence-corrected chi connectivity index (χ0v) is 20.7. The third kappa shape index (κ3) is 7.36. The number of aromatic nitrogens is 2. The molecule has 0 fully saturated rings. The minimum Gasteiger partial charge on any atom is -0.383 e. The Morgan fingerprint density at radius 2 is 1.57 bits per heavy atom. The molecule has 1 N–H and O–H groups in total. The highest BCUT2D eigenvalue weighted by molar-refractivity contribution is 5.94. The normalized spacial score (nSPS) is 10.7. The van der Waals surface area contributed by atoms with Crippen LogP contribution in [0.5, 0.6) is 0 Å². The van der Waals surface area contributed by atoms with E-state index in [9.17, 15) is 9.59 Å². The highest BCUT2D eigenvalue weighted by Crippen LogP contribution is 2.24. The Bertz CT molecular complexity index is 1280. The second kappa shape index (κ2) is 13.2. The molecule has 8 heteroatoms. The summed E-state index contributed by atoms with van der Waals surface area (Å²) in [5.41, 5.74) is 3.43. The highest BCUT2D eigenvalue weighted by atomic mass is 16.5. The molecule has 0 saturated carbocycles. The summed E-state index contributed by atoms with van der Waals surface area (Å²) < 4.78 is 12.4. The molecule has 0 saturated heterocycles. The first-order valence-electron chi connectivity index (χ1n) is 12.0. The van der Waals surface area contributed by atoms with E-state index >= 15 is 0 Å². The molecular formula is C29H30N4O4. The van der Waals surface area contributed by atoms with Gasteiger partial charge in [0.1, 0.15) is 19.0 Å². The molecule has 0 unspecified atom stereocenters. The van der Waals surface area contributed by atoms with Gasteiger partial charge in [-0.15, -0.1) is 0 Å². The van der Waals surface area contributed by atoms with E-state index in [1.54, 1.807) is 11.8 Å². The Hall–Kier alpha value is -4.27. The maximum Gasteiger partial charge on any atom is 0.249 e. The molecule has 4 aromatic rings. The van der Waals surface area contributed by atoms with Gasteiger partial charge in [-0.1, -0.05) is 78.9 Å². The quantitative estimate of drug-likeness (QED) is 0.317. The molecule has 1 heterocycles. The molecule has 37 heavy (non-hydrogen) atoms. The molecule has 190 valence electrons. The molecule has 0 bridgehead atoms. The lowest BCUT2D eigenvalue weighted by atomic mass is 10.1. The van der Waals surface area contributed by atoms with Crippen LogP contribution in [0.25, 0.3) is 16.9 Å². The first-order chi connectivity index (χ1) is 18.1. The Labute approximate surface area is 216 Å². The number of nitrogens with zero attached hydrogens (tertiary/aromatic N) is 3. The maximum atomic E-state index is 13.1. The predicted octanol–water partition coefficient (Wildman–Crippen LogP) is 4.17.